The van der Waals surface area contributed by atoms with Crippen molar-refractivity contribution in [3.63, 3.8) is 0 Å². The predicted octanol–water partition coefficient (Wildman–Crippen LogP) is 3.75. The summed E-state index contributed by atoms with van der Waals surface area (Å²) in [6.07, 6.45) is 10.9. The summed E-state index contributed by atoms with van der Waals surface area (Å²) in [5.74, 6) is -0.237. The predicted molar refractivity (Wildman–Crippen MR) is 141 cm³/mol. The highest BCUT2D eigenvalue weighted by atomic mass is 32.1. The molecule has 0 aliphatic heterocycles. The summed E-state index contributed by atoms with van der Waals surface area (Å²) in [5.41, 5.74) is 2.75. The molecule has 0 fully saturated rings. The molecule has 0 bridgehead atoms. The minimum absolute atomic E-state index is 0.0935. The van der Waals surface area contributed by atoms with Gasteiger partial charge in [0, 0.05) is 46.2 Å². The van der Waals surface area contributed by atoms with Crippen LogP contribution < -0.4 is 10.9 Å². The monoisotopic (exact) mass is 498 g/mol. The number of carbonyl (C=O) groups excluding carboxylic acids is 1. The Kier molecular flexibility index (Phi) is 6.99. The first-order chi connectivity index (χ1) is 17.6. The third-order valence-electron chi connectivity index (χ3n) is 5.98. The molecule has 1 N–H and O–H groups in total. The number of aryl methyl sites for hydroxylation is 3. The van der Waals surface area contributed by atoms with Gasteiger partial charge in [0.2, 0.25) is 5.91 Å². The van der Waals surface area contributed by atoms with Crippen LogP contribution in [0, 0.1) is 0 Å². The van der Waals surface area contributed by atoms with E-state index in [9.17, 15) is 9.59 Å². The molecule has 4 heterocycles. The van der Waals surface area contributed by atoms with E-state index in [1.807, 2.05) is 49.8 Å². The maximum atomic E-state index is 13.4. The first-order valence-electron chi connectivity index (χ1n) is 11.8. The molecule has 5 rings (SSSR count). The van der Waals surface area contributed by atoms with Gasteiger partial charge in [-0.05, 0) is 37.0 Å². The Balaban J connectivity index is 1.33. The van der Waals surface area contributed by atoms with Gasteiger partial charge < -0.3 is 5.32 Å². The second kappa shape index (κ2) is 10.7. The van der Waals surface area contributed by atoms with Gasteiger partial charge in [0.1, 0.15) is 12.2 Å². The number of benzene rings is 1. The van der Waals surface area contributed by atoms with Crippen molar-refractivity contribution >= 4 is 27.3 Å². The molecule has 0 aliphatic carbocycles. The minimum atomic E-state index is -0.243. The molecule has 0 spiro atoms. The zero-order valence-corrected chi connectivity index (χ0v) is 20.7. The van der Waals surface area contributed by atoms with Crippen molar-refractivity contribution in [3.8, 4) is 11.3 Å². The molecular formula is C27H26N6O2S. The molecule has 0 aliphatic rings. The van der Waals surface area contributed by atoms with Crippen LogP contribution in [0.4, 0.5) is 0 Å². The molecule has 0 atom stereocenters. The van der Waals surface area contributed by atoms with Crippen LogP contribution >= 0.6 is 11.3 Å². The van der Waals surface area contributed by atoms with E-state index in [0.29, 0.717) is 24.4 Å². The summed E-state index contributed by atoms with van der Waals surface area (Å²) in [4.78, 5) is 36.0. The fourth-order valence-corrected chi connectivity index (χ4v) is 5.13. The number of aromatic nitrogens is 5. The highest BCUT2D eigenvalue weighted by Crippen LogP contribution is 2.24. The van der Waals surface area contributed by atoms with Gasteiger partial charge in [0.05, 0.1) is 24.6 Å². The SMILES string of the molecule is Cn1cc(-c2cnc(CCCc3ccccc3)c(=O)n2CC(=O)NCc2cc3cnccc3s2)cn1. The first kappa shape index (κ1) is 23.6. The van der Waals surface area contributed by atoms with E-state index in [1.54, 1.807) is 34.6 Å². The van der Waals surface area contributed by atoms with Crippen molar-refractivity contribution in [2.75, 3.05) is 0 Å². The van der Waals surface area contributed by atoms with Crippen LogP contribution in [0.2, 0.25) is 0 Å². The topological polar surface area (TPSA) is 94.7 Å². The van der Waals surface area contributed by atoms with Crippen molar-refractivity contribution in [2.45, 2.75) is 32.4 Å². The molecule has 4 aromatic heterocycles. The van der Waals surface area contributed by atoms with E-state index < -0.39 is 0 Å². The number of carbonyl (C=O) groups is 1. The minimum Gasteiger partial charge on any atom is -0.350 e. The third kappa shape index (κ3) is 5.41. The Morgan fingerprint density at radius 1 is 1.08 bits per heavy atom. The largest absolute Gasteiger partial charge is 0.350 e. The van der Waals surface area contributed by atoms with E-state index in [4.69, 9.17) is 0 Å². The van der Waals surface area contributed by atoms with Gasteiger partial charge in [-0.3, -0.25) is 28.8 Å². The maximum absolute atomic E-state index is 13.4. The molecule has 0 radical (unpaired) electrons. The fourth-order valence-electron chi connectivity index (χ4n) is 4.16. The summed E-state index contributed by atoms with van der Waals surface area (Å²) < 4.78 is 4.29. The van der Waals surface area contributed by atoms with Gasteiger partial charge >= 0.3 is 0 Å². The Morgan fingerprint density at radius 3 is 2.72 bits per heavy atom. The number of fused-ring (bicyclic) bond motifs is 1. The Bertz CT molecular complexity index is 1520. The second-order valence-electron chi connectivity index (χ2n) is 8.63. The Morgan fingerprint density at radius 2 is 1.94 bits per heavy atom. The average molecular weight is 499 g/mol. The summed E-state index contributed by atoms with van der Waals surface area (Å²) in [7, 11) is 1.81. The van der Waals surface area contributed by atoms with Gasteiger partial charge in [-0.25, -0.2) is 0 Å². The van der Waals surface area contributed by atoms with Crippen LogP contribution in [0.3, 0.4) is 0 Å². The molecule has 0 saturated carbocycles. The lowest BCUT2D eigenvalue weighted by atomic mass is 10.1. The zero-order chi connectivity index (χ0) is 24.9. The van der Waals surface area contributed by atoms with Gasteiger partial charge in [-0.1, -0.05) is 30.3 Å². The molecule has 0 saturated heterocycles. The maximum Gasteiger partial charge on any atom is 0.273 e. The summed E-state index contributed by atoms with van der Waals surface area (Å²) in [6, 6.07) is 14.2. The van der Waals surface area contributed by atoms with Gasteiger partial charge in [0.25, 0.3) is 5.56 Å². The van der Waals surface area contributed by atoms with Gasteiger partial charge in [0.15, 0.2) is 0 Å². The van der Waals surface area contributed by atoms with Crippen molar-refractivity contribution < 1.29 is 4.79 Å². The first-order valence-corrected chi connectivity index (χ1v) is 12.6. The van der Waals surface area contributed by atoms with Crippen LogP contribution in [-0.4, -0.2) is 30.2 Å². The van der Waals surface area contributed by atoms with E-state index in [0.717, 1.165) is 33.4 Å². The van der Waals surface area contributed by atoms with Crippen molar-refractivity contribution in [1.29, 1.82) is 0 Å². The van der Waals surface area contributed by atoms with E-state index >= 15 is 0 Å². The fraction of sp³-hybridized carbons (Fsp3) is 0.222. The number of hydrogen-bond donors (Lipinski definition) is 1. The van der Waals surface area contributed by atoms with Gasteiger partial charge in [-0.15, -0.1) is 11.3 Å². The number of amides is 1. The molecule has 0 unspecified atom stereocenters. The van der Waals surface area contributed by atoms with Gasteiger partial charge in [-0.2, -0.15) is 5.10 Å². The highest BCUT2D eigenvalue weighted by Gasteiger charge is 2.16. The van der Waals surface area contributed by atoms with Crippen molar-refractivity contribution in [2.24, 2.45) is 7.05 Å². The number of thiophene rings is 1. The van der Waals surface area contributed by atoms with E-state index in [-0.39, 0.29) is 18.0 Å². The Hall–Kier alpha value is -4.11. The van der Waals surface area contributed by atoms with E-state index in [2.05, 4.69) is 32.5 Å². The lowest BCUT2D eigenvalue weighted by molar-refractivity contribution is -0.121. The Labute approximate surface area is 212 Å². The summed E-state index contributed by atoms with van der Waals surface area (Å²) >= 11 is 1.62. The number of rotatable bonds is 9. The molecule has 5 aromatic rings. The normalized spacial score (nSPS) is 11.1. The van der Waals surface area contributed by atoms with Crippen LogP contribution in [-0.2, 0) is 37.8 Å². The standard InChI is InChI=1S/C27H26N6O2S/c1-32-17-21(14-31-32)24-16-29-23(9-5-8-19-6-3-2-4-7-19)27(35)33(24)18-26(34)30-15-22-12-20-13-28-11-10-25(20)36-22/h2-4,6-7,10-14,16-17H,5,8-9,15,18H2,1H3,(H,30,34). The smallest absolute Gasteiger partial charge is 0.273 e. The quantitative estimate of drug-likeness (QED) is 0.334. The molecule has 36 heavy (non-hydrogen) atoms. The molecule has 182 valence electrons. The number of hydrogen-bond acceptors (Lipinski definition) is 6. The zero-order valence-electron chi connectivity index (χ0n) is 19.9. The second-order valence-corrected chi connectivity index (χ2v) is 9.79. The van der Waals surface area contributed by atoms with Crippen LogP contribution in [0.15, 0.2) is 78.2 Å². The lowest BCUT2D eigenvalue weighted by Crippen LogP contribution is -2.34. The molecule has 1 aromatic carbocycles. The summed E-state index contributed by atoms with van der Waals surface area (Å²) in [5, 5.41) is 8.22. The van der Waals surface area contributed by atoms with Crippen molar-refractivity contribution in [3.05, 3.63) is 99.9 Å². The third-order valence-corrected chi connectivity index (χ3v) is 7.09. The van der Waals surface area contributed by atoms with Crippen LogP contribution in [0.25, 0.3) is 21.3 Å². The van der Waals surface area contributed by atoms with E-state index in [1.165, 1.54) is 10.1 Å². The van der Waals surface area contributed by atoms with Crippen LogP contribution in [0.1, 0.15) is 22.6 Å². The number of nitrogens with one attached hydrogen (secondary N) is 1. The molecule has 8 nitrogen and oxygen atoms in total. The molecule has 1 amide bonds. The van der Waals surface area contributed by atoms with Crippen LogP contribution in [0.5, 0.6) is 0 Å². The number of nitrogens with zero attached hydrogens (tertiary/aromatic N) is 5. The highest BCUT2D eigenvalue weighted by molar-refractivity contribution is 7.19. The van der Waals surface area contributed by atoms with Crippen molar-refractivity contribution in [1.82, 2.24) is 29.6 Å². The average Bonchev–Trinajstić information content (AvgIpc) is 3.51. The molecule has 9 heteroatoms. The summed E-state index contributed by atoms with van der Waals surface area (Å²) in [6.45, 7) is 0.299. The lowest BCUT2D eigenvalue weighted by Gasteiger charge is -2.13. The number of pyridine rings is 1. The molecular weight excluding hydrogens is 472 g/mol.